The lowest BCUT2D eigenvalue weighted by molar-refractivity contribution is 0.595. The summed E-state index contributed by atoms with van der Waals surface area (Å²) in [6.07, 6.45) is 3.48. The molecule has 0 aliphatic carbocycles. The molecule has 1 aromatic heterocycles. The second kappa shape index (κ2) is 4.75. The SMILES string of the molecule is CCC(CC)c1ccc2c(n1)CCNC2. The van der Waals surface area contributed by atoms with Crippen LogP contribution < -0.4 is 5.32 Å². The van der Waals surface area contributed by atoms with Crippen LogP contribution in [0.2, 0.25) is 0 Å². The first-order valence-electron chi connectivity index (χ1n) is 6.04. The quantitative estimate of drug-likeness (QED) is 0.818. The van der Waals surface area contributed by atoms with E-state index in [-0.39, 0.29) is 0 Å². The molecule has 0 radical (unpaired) electrons. The van der Waals surface area contributed by atoms with E-state index >= 15 is 0 Å². The molecule has 15 heavy (non-hydrogen) atoms. The number of hydrogen-bond acceptors (Lipinski definition) is 2. The second-order valence-electron chi connectivity index (χ2n) is 4.28. The fraction of sp³-hybridized carbons (Fsp3) is 0.615. The molecule has 1 aliphatic heterocycles. The van der Waals surface area contributed by atoms with E-state index in [1.807, 2.05) is 0 Å². The summed E-state index contributed by atoms with van der Waals surface area (Å²) in [4.78, 5) is 4.82. The van der Waals surface area contributed by atoms with Gasteiger partial charge in [-0.05, 0) is 24.5 Å². The van der Waals surface area contributed by atoms with Crippen LogP contribution in [-0.2, 0) is 13.0 Å². The van der Waals surface area contributed by atoms with E-state index in [4.69, 9.17) is 4.98 Å². The van der Waals surface area contributed by atoms with Gasteiger partial charge in [0.2, 0.25) is 0 Å². The van der Waals surface area contributed by atoms with E-state index in [0.29, 0.717) is 5.92 Å². The summed E-state index contributed by atoms with van der Waals surface area (Å²) in [7, 11) is 0. The zero-order valence-corrected chi connectivity index (χ0v) is 9.71. The fourth-order valence-corrected chi connectivity index (χ4v) is 2.29. The number of hydrogen-bond donors (Lipinski definition) is 1. The molecule has 1 N–H and O–H groups in total. The lowest BCUT2D eigenvalue weighted by Gasteiger charge is -2.19. The first kappa shape index (κ1) is 10.6. The van der Waals surface area contributed by atoms with E-state index in [1.54, 1.807) is 0 Å². The summed E-state index contributed by atoms with van der Waals surface area (Å²) < 4.78 is 0. The highest BCUT2D eigenvalue weighted by Crippen LogP contribution is 2.23. The van der Waals surface area contributed by atoms with Crippen LogP contribution >= 0.6 is 0 Å². The molecule has 2 nitrogen and oxygen atoms in total. The molecule has 0 aromatic carbocycles. The molecule has 0 saturated carbocycles. The molecule has 1 aromatic rings. The van der Waals surface area contributed by atoms with Crippen LogP contribution in [0.15, 0.2) is 12.1 Å². The van der Waals surface area contributed by atoms with Crippen molar-refractivity contribution in [3.63, 3.8) is 0 Å². The molecule has 0 atom stereocenters. The van der Waals surface area contributed by atoms with E-state index in [9.17, 15) is 0 Å². The third-order valence-electron chi connectivity index (χ3n) is 3.35. The van der Waals surface area contributed by atoms with E-state index in [2.05, 4.69) is 31.3 Å². The molecule has 2 rings (SSSR count). The predicted octanol–water partition coefficient (Wildman–Crippen LogP) is 2.63. The molecule has 0 saturated heterocycles. The lowest BCUT2D eigenvalue weighted by Crippen LogP contribution is -2.25. The van der Waals surface area contributed by atoms with Crippen LogP contribution in [0.5, 0.6) is 0 Å². The Labute approximate surface area is 92.1 Å². The Balaban J connectivity index is 2.27. The summed E-state index contributed by atoms with van der Waals surface area (Å²) in [5.41, 5.74) is 4.00. The van der Waals surface area contributed by atoms with E-state index < -0.39 is 0 Å². The number of aromatic nitrogens is 1. The number of nitrogens with one attached hydrogen (secondary N) is 1. The van der Waals surface area contributed by atoms with Crippen molar-refractivity contribution < 1.29 is 0 Å². The van der Waals surface area contributed by atoms with Gasteiger partial charge in [0, 0.05) is 36.8 Å². The van der Waals surface area contributed by atoms with Crippen LogP contribution in [0.4, 0.5) is 0 Å². The van der Waals surface area contributed by atoms with Gasteiger partial charge >= 0.3 is 0 Å². The molecule has 1 aliphatic rings. The summed E-state index contributed by atoms with van der Waals surface area (Å²) >= 11 is 0. The van der Waals surface area contributed by atoms with E-state index in [1.165, 1.54) is 29.8 Å². The van der Waals surface area contributed by atoms with Crippen molar-refractivity contribution in [2.75, 3.05) is 6.54 Å². The monoisotopic (exact) mass is 204 g/mol. The van der Waals surface area contributed by atoms with Crippen molar-refractivity contribution in [3.05, 3.63) is 29.1 Å². The molecule has 0 fully saturated rings. The molecular weight excluding hydrogens is 184 g/mol. The van der Waals surface area contributed by atoms with Crippen molar-refractivity contribution >= 4 is 0 Å². The number of pyridine rings is 1. The van der Waals surface area contributed by atoms with Gasteiger partial charge < -0.3 is 5.32 Å². The molecule has 0 amide bonds. The van der Waals surface area contributed by atoms with Crippen LogP contribution in [-0.4, -0.2) is 11.5 Å². The zero-order valence-electron chi connectivity index (χ0n) is 9.71. The van der Waals surface area contributed by atoms with Crippen molar-refractivity contribution in [1.82, 2.24) is 10.3 Å². The minimum Gasteiger partial charge on any atom is -0.312 e. The fourth-order valence-electron chi connectivity index (χ4n) is 2.29. The van der Waals surface area contributed by atoms with Crippen LogP contribution in [0.3, 0.4) is 0 Å². The minimum atomic E-state index is 0.644. The highest BCUT2D eigenvalue weighted by Gasteiger charge is 2.13. The first-order chi connectivity index (χ1) is 7.35. The summed E-state index contributed by atoms with van der Waals surface area (Å²) in [5, 5.41) is 3.38. The summed E-state index contributed by atoms with van der Waals surface area (Å²) in [6.45, 7) is 6.56. The Morgan fingerprint density at radius 1 is 1.33 bits per heavy atom. The van der Waals surface area contributed by atoms with E-state index in [0.717, 1.165) is 19.5 Å². The van der Waals surface area contributed by atoms with Gasteiger partial charge in [-0.25, -0.2) is 0 Å². The van der Waals surface area contributed by atoms with Crippen molar-refractivity contribution in [2.24, 2.45) is 0 Å². The van der Waals surface area contributed by atoms with Gasteiger partial charge in [-0.1, -0.05) is 19.9 Å². The van der Waals surface area contributed by atoms with Gasteiger partial charge in [-0.2, -0.15) is 0 Å². The molecule has 0 spiro atoms. The van der Waals surface area contributed by atoms with Gasteiger partial charge in [0.05, 0.1) is 0 Å². The predicted molar refractivity (Wildman–Crippen MR) is 63.0 cm³/mol. The summed E-state index contributed by atoms with van der Waals surface area (Å²) in [5.74, 6) is 0.644. The highest BCUT2D eigenvalue weighted by molar-refractivity contribution is 5.26. The van der Waals surface area contributed by atoms with Crippen molar-refractivity contribution in [2.45, 2.75) is 45.6 Å². The third-order valence-corrected chi connectivity index (χ3v) is 3.35. The maximum atomic E-state index is 4.82. The molecular formula is C13H20N2. The molecule has 82 valence electrons. The molecule has 2 heteroatoms. The van der Waals surface area contributed by atoms with Crippen LogP contribution in [0.1, 0.15) is 49.6 Å². The van der Waals surface area contributed by atoms with Crippen LogP contribution in [0.25, 0.3) is 0 Å². The Hall–Kier alpha value is -0.890. The van der Waals surface area contributed by atoms with Crippen molar-refractivity contribution in [1.29, 1.82) is 0 Å². The maximum absolute atomic E-state index is 4.82. The zero-order chi connectivity index (χ0) is 10.7. The largest absolute Gasteiger partial charge is 0.312 e. The topological polar surface area (TPSA) is 24.9 Å². The first-order valence-corrected chi connectivity index (χ1v) is 6.04. The number of fused-ring (bicyclic) bond motifs is 1. The summed E-state index contributed by atoms with van der Waals surface area (Å²) in [6, 6.07) is 4.46. The Morgan fingerprint density at radius 3 is 2.87 bits per heavy atom. The van der Waals surface area contributed by atoms with Gasteiger partial charge in [0.15, 0.2) is 0 Å². The van der Waals surface area contributed by atoms with Gasteiger partial charge in [-0.15, -0.1) is 0 Å². The Bertz CT molecular complexity index is 329. The minimum absolute atomic E-state index is 0.644. The normalized spacial score (nSPS) is 15.4. The smallest absolute Gasteiger partial charge is 0.0464 e. The number of nitrogens with zero attached hydrogens (tertiary/aromatic N) is 1. The lowest BCUT2D eigenvalue weighted by atomic mass is 9.97. The average Bonchev–Trinajstić information content (AvgIpc) is 2.30. The molecule has 0 bridgehead atoms. The molecule has 0 unspecified atom stereocenters. The average molecular weight is 204 g/mol. The van der Waals surface area contributed by atoms with Gasteiger partial charge in [0.25, 0.3) is 0 Å². The van der Waals surface area contributed by atoms with Crippen LogP contribution in [0, 0.1) is 0 Å². The van der Waals surface area contributed by atoms with Gasteiger partial charge in [0.1, 0.15) is 0 Å². The maximum Gasteiger partial charge on any atom is 0.0464 e. The molecule has 2 heterocycles. The second-order valence-corrected chi connectivity index (χ2v) is 4.28. The highest BCUT2D eigenvalue weighted by atomic mass is 14.9. The van der Waals surface area contributed by atoms with Gasteiger partial charge in [-0.3, -0.25) is 4.98 Å². The third kappa shape index (κ3) is 2.20. The standard InChI is InChI=1S/C13H20N2/c1-3-10(4-2)12-6-5-11-9-14-8-7-13(11)15-12/h5-6,10,14H,3-4,7-9H2,1-2H3. The van der Waals surface area contributed by atoms with Crippen molar-refractivity contribution in [3.8, 4) is 0 Å². The number of rotatable bonds is 3. The Kier molecular flexibility index (Phi) is 3.37. The Morgan fingerprint density at radius 2 is 2.13 bits per heavy atom.